The largest absolute Gasteiger partial charge is 0.377 e. The van der Waals surface area contributed by atoms with Gasteiger partial charge in [-0.3, -0.25) is 4.79 Å². The Kier molecular flexibility index (Phi) is 2.64. The third-order valence-corrected chi connectivity index (χ3v) is 4.38. The van der Waals surface area contributed by atoms with Gasteiger partial charge in [-0.05, 0) is 31.1 Å². The molecule has 0 aromatic carbocycles. The zero-order valence-electron chi connectivity index (χ0n) is 9.60. The van der Waals surface area contributed by atoms with Gasteiger partial charge in [0.1, 0.15) is 0 Å². The van der Waals surface area contributed by atoms with Crippen molar-refractivity contribution in [3.63, 3.8) is 0 Å². The summed E-state index contributed by atoms with van der Waals surface area (Å²) in [5.41, 5.74) is 5.69. The van der Waals surface area contributed by atoms with Crippen LogP contribution in [0.1, 0.15) is 19.3 Å². The predicted molar refractivity (Wildman–Crippen MR) is 59.7 cm³/mol. The van der Waals surface area contributed by atoms with Crippen molar-refractivity contribution < 1.29 is 9.53 Å². The van der Waals surface area contributed by atoms with E-state index in [2.05, 4.69) is 0 Å². The van der Waals surface area contributed by atoms with Crippen LogP contribution in [-0.4, -0.2) is 43.2 Å². The van der Waals surface area contributed by atoms with Gasteiger partial charge in [-0.1, -0.05) is 0 Å². The average molecular weight is 224 g/mol. The Balaban J connectivity index is 1.63. The Labute approximate surface area is 96.1 Å². The third kappa shape index (κ3) is 1.74. The lowest BCUT2D eigenvalue weighted by atomic mass is 10.0. The molecule has 2 aliphatic carbocycles. The summed E-state index contributed by atoms with van der Waals surface area (Å²) in [6.45, 7) is 2.53. The maximum absolute atomic E-state index is 12.4. The van der Waals surface area contributed by atoms with Crippen molar-refractivity contribution in [2.75, 3.05) is 26.3 Å². The van der Waals surface area contributed by atoms with Gasteiger partial charge < -0.3 is 15.4 Å². The van der Waals surface area contributed by atoms with E-state index in [4.69, 9.17) is 10.5 Å². The van der Waals surface area contributed by atoms with Crippen molar-refractivity contribution in [2.24, 2.45) is 23.5 Å². The molecule has 16 heavy (non-hydrogen) atoms. The van der Waals surface area contributed by atoms with Crippen molar-refractivity contribution >= 4 is 5.91 Å². The molecule has 0 radical (unpaired) electrons. The second-order valence-corrected chi connectivity index (χ2v) is 5.42. The van der Waals surface area contributed by atoms with Crippen molar-refractivity contribution in [1.82, 2.24) is 4.90 Å². The van der Waals surface area contributed by atoms with Crippen LogP contribution in [0.3, 0.4) is 0 Å². The van der Waals surface area contributed by atoms with Crippen LogP contribution in [0.15, 0.2) is 0 Å². The molecule has 1 saturated heterocycles. The molecule has 0 aromatic rings. The molecule has 0 spiro atoms. The number of nitrogens with two attached hydrogens (primary N) is 1. The van der Waals surface area contributed by atoms with Crippen LogP contribution in [-0.2, 0) is 9.53 Å². The molecule has 3 unspecified atom stereocenters. The molecular weight excluding hydrogens is 204 g/mol. The summed E-state index contributed by atoms with van der Waals surface area (Å²) in [5.74, 6) is 2.36. The fourth-order valence-electron chi connectivity index (χ4n) is 3.29. The van der Waals surface area contributed by atoms with Crippen LogP contribution in [0.4, 0.5) is 0 Å². The Morgan fingerprint density at radius 3 is 2.75 bits per heavy atom. The lowest BCUT2D eigenvalue weighted by Gasteiger charge is -2.36. The molecule has 0 aromatic heterocycles. The highest BCUT2D eigenvalue weighted by Gasteiger charge is 2.49. The van der Waals surface area contributed by atoms with Crippen molar-refractivity contribution in [3.05, 3.63) is 0 Å². The molecule has 1 amide bonds. The minimum Gasteiger partial charge on any atom is -0.377 e. The zero-order valence-corrected chi connectivity index (χ0v) is 9.60. The van der Waals surface area contributed by atoms with Crippen LogP contribution in [0, 0.1) is 17.8 Å². The number of hydrogen-bond acceptors (Lipinski definition) is 3. The zero-order chi connectivity index (χ0) is 11.1. The number of morpholine rings is 1. The molecule has 4 nitrogen and oxygen atoms in total. The van der Waals surface area contributed by atoms with Gasteiger partial charge in [0, 0.05) is 19.0 Å². The number of amides is 1. The number of rotatable bonds is 2. The smallest absolute Gasteiger partial charge is 0.226 e. The second kappa shape index (κ2) is 4.00. The first-order valence-electron chi connectivity index (χ1n) is 6.38. The van der Waals surface area contributed by atoms with E-state index in [1.165, 1.54) is 6.42 Å². The van der Waals surface area contributed by atoms with Crippen LogP contribution in [0.25, 0.3) is 0 Å². The first-order chi connectivity index (χ1) is 7.79. The number of fused-ring (bicyclic) bond motifs is 1. The molecule has 3 aliphatic rings. The van der Waals surface area contributed by atoms with Crippen LogP contribution < -0.4 is 5.73 Å². The van der Waals surface area contributed by atoms with E-state index in [9.17, 15) is 4.79 Å². The molecule has 3 atom stereocenters. The van der Waals surface area contributed by atoms with E-state index < -0.39 is 0 Å². The molecule has 3 rings (SSSR count). The molecule has 90 valence electrons. The fourth-order valence-corrected chi connectivity index (χ4v) is 3.29. The van der Waals surface area contributed by atoms with E-state index in [-0.39, 0.29) is 12.0 Å². The predicted octanol–water partition coefficient (Wildman–Crippen LogP) is 0.219. The monoisotopic (exact) mass is 224 g/mol. The van der Waals surface area contributed by atoms with Crippen LogP contribution in [0.5, 0.6) is 0 Å². The van der Waals surface area contributed by atoms with E-state index in [0.29, 0.717) is 25.7 Å². The van der Waals surface area contributed by atoms with E-state index >= 15 is 0 Å². The quantitative estimate of drug-likeness (QED) is 0.730. The third-order valence-electron chi connectivity index (χ3n) is 4.38. The van der Waals surface area contributed by atoms with Crippen LogP contribution >= 0.6 is 0 Å². The minimum atomic E-state index is 0.109. The summed E-state index contributed by atoms with van der Waals surface area (Å²) in [7, 11) is 0. The molecule has 3 fully saturated rings. The Bertz CT molecular complexity index is 285. The number of carbonyl (C=O) groups excluding carboxylic acids is 1. The Hall–Kier alpha value is -0.610. The topological polar surface area (TPSA) is 55.6 Å². The van der Waals surface area contributed by atoms with Gasteiger partial charge in [-0.25, -0.2) is 0 Å². The van der Waals surface area contributed by atoms with Gasteiger partial charge in [0.05, 0.1) is 19.3 Å². The SMILES string of the molecule is NCC1COCCN1C(=O)C1CC2CC2C1. The van der Waals surface area contributed by atoms with Gasteiger partial charge in [0.2, 0.25) is 5.91 Å². The van der Waals surface area contributed by atoms with Gasteiger partial charge in [0.15, 0.2) is 0 Å². The van der Waals surface area contributed by atoms with E-state index in [1.54, 1.807) is 0 Å². The van der Waals surface area contributed by atoms with Crippen molar-refractivity contribution in [1.29, 1.82) is 0 Å². The summed E-state index contributed by atoms with van der Waals surface area (Å²) in [6, 6.07) is 0.109. The molecule has 0 bridgehead atoms. The molecule has 2 N–H and O–H groups in total. The average Bonchev–Trinajstić information content (AvgIpc) is 2.95. The van der Waals surface area contributed by atoms with Gasteiger partial charge in [-0.2, -0.15) is 0 Å². The number of ether oxygens (including phenoxy) is 1. The molecule has 4 heteroatoms. The lowest BCUT2D eigenvalue weighted by molar-refractivity contribution is -0.144. The number of nitrogens with zero attached hydrogens (tertiary/aromatic N) is 1. The summed E-state index contributed by atoms with van der Waals surface area (Å²) >= 11 is 0. The summed E-state index contributed by atoms with van der Waals surface area (Å²) in [5, 5.41) is 0. The molecular formula is C12H20N2O2. The first kappa shape index (κ1) is 10.5. The van der Waals surface area contributed by atoms with E-state index in [0.717, 1.165) is 31.2 Å². The number of carbonyl (C=O) groups is 1. The summed E-state index contributed by atoms with van der Waals surface area (Å²) < 4.78 is 5.37. The van der Waals surface area contributed by atoms with Crippen molar-refractivity contribution in [3.8, 4) is 0 Å². The Morgan fingerprint density at radius 2 is 2.06 bits per heavy atom. The highest BCUT2D eigenvalue weighted by Crippen LogP contribution is 2.54. The minimum absolute atomic E-state index is 0.109. The van der Waals surface area contributed by atoms with Gasteiger partial charge in [-0.15, -0.1) is 0 Å². The van der Waals surface area contributed by atoms with E-state index in [1.807, 2.05) is 4.90 Å². The normalized spacial score (nSPS) is 41.9. The van der Waals surface area contributed by atoms with Crippen LogP contribution in [0.2, 0.25) is 0 Å². The fraction of sp³-hybridized carbons (Fsp3) is 0.917. The molecule has 1 aliphatic heterocycles. The summed E-state index contributed by atoms with van der Waals surface area (Å²) in [6.07, 6.45) is 3.61. The maximum atomic E-state index is 12.4. The van der Waals surface area contributed by atoms with Gasteiger partial charge in [0.25, 0.3) is 0 Å². The van der Waals surface area contributed by atoms with Crippen molar-refractivity contribution in [2.45, 2.75) is 25.3 Å². The van der Waals surface area contributed by atoms with Gasteiger partial charge >= 0.3 is 0 Å². The Morgan fingerprint density at radius 1 is 1.31 bits per heavy atom. The molecule has 1 heterocycles. The lowest BCUT2D eigenvalue weighted by Crippen LogP contribution is -2.53. The standard InChI is InChI=1S/C12H20N2O2/c13-6-11-7-16-2-1-14(11)12(15)10-4-8-3-9(8)5-10/h8-11H,1-7,13H2. The first-order valence-corrected chi connectivity index (χ1v) is 6.38. The highest BCUT2D eigenvalue weighted by molar-refractivity contribution is 5.80. The highest BCUT2D eigenvalue weighted by atomic mass is 16.5. The number of hydrogen-bond donors (Lipinski definition) is 1. The summed E-state index contributed by atoms with van der Waals surface area (Å²) in [4.78, 5) is 14.3. The molecule has 2 saturated carbocycles. The second-order valence-electron chi connectivity index (χ2n) is 5.42. The maximum Gasteiger partial charge on any atom is 0.226 e.